The second kappa shape index (κ2) is 5.90. The Morgan fingerprint density at radius 2 is 2.00 bits per heavy atom. The summed E-state index contributed by atoms with van der Waals surface area (Å²) in [6, 6.07) is 8.00. The molecular formula is C15H16ClN3O3S. The van der Waals surface area contributed by atoms with Crippen molar-refractivity contribution in [3.05, 3.63) is 47.2 Å². The number of sulfonamides is 1. The van der Waals surface area contributed by atoms with Gasteiger partial charge in [0.25, 0.3) is 15.9 Å². The SMILES string of the molecule is CCN1CCn2cc(S(=O)(=O)Nc3ccccc3Cl)cc2C1=O. The molecule has 1 aromatic heterocycles. The van der Waals surface area contributed by atoms with Crippen LogP contribution in [0.4, 0.5) is 5.69 Å². The molecule has 2 heterocycles. The van der Waals surface area contributed by atoms with E-state index in [9.17, 15) is 13.2 Å². The van der Waals surface area contributed by atoms with E-state index in [0.717, 1.165) is 0 Å². The number of anilines is 1. The van der Waals surface area contributed by atoms with Crippen LogP contribution in [-0.4, -0.2) is 36.9 Å². The average Bonchev–Trinajstić information content (AvgIpc) is 2.96. The maximum Gasteiger partial charge on any atom is 0.270 e. The van der Waals surface area contributed by atoms with Crippen molar-refractivity contribution in [2.75, 3.05) is 17.8 Å². The number of hydrogen-bond donors (Lipinski definition) is 1. The molecule has 1 aromatic carbocycles. The number of rotatable bonds is 4. The molecule has 0 fully saturated rings. The van der Waals surface area contributed by atoms with Crippen LogP contribution < -0.4 is 4.72 Å². The first kappa shape index (κ1) is 15.9. The molecule has 122 valence electrons. The van der Waals surface area contributed by atoms with Gasteiger partial charge >= 0.3 is 0 Å². The number of nitrogens with zero attached hydrogens (tertiary/aromatic N) is 2. The zero-order chi connectivity index (χ0) is 16.6. The van der Waals surface area contributed by atoms with Crippen LogP contribution in [0.25, 0.3) is 0 Å². The molecule has 1 amide bonds. The average molecular weight is 354 g/mol. The molecule has 0 radical (unpaired) electrons. The Morgan fingerprint density at radius 3 is 2.70 bits per heavy atom. The van der Waals surface area contributed by atoms with Crippen molar-refractivity contribution in [1.29, 1.82) is 0 Å². The number of likely N-dealkylation sites (N-methyl/N-ethyl adjacent to an activating group) is 1. The summed E-state index contributed by atoms with van der Waals surface area (Å²) < 4.78 is 29.2. The summed E-state index contributed by atoms with van der Waals surface area (Å²) in [7, 11) is -3.80. The fourth-order valence-electron chi connectivity index (χ4n) is 2.54. The summed E-state index contributed by atoms with van der Waals surface area (Å²) >= 11 is 5.99. The minimum absolute atomic E-state index is 0.0544. The standard InChI is InChI=1S/C15H16ClN3O3S/c1-2-18-7-8-19-10-11(9-14(19)15(18)20)23(21,22)17-13-6-4-3-5-12(13)16/h3-6,9-10,17H,2,7-8H2,1H3. The Balaban J connectivity index is 1.93. The van der Waals surface area contributed by atoms with E-state index in [-0.39, 0.29) is 10.8 Å². The molecule has 6 nitrogen and oxygen atoms in total. The van der Waals surface area contributed by atoms with Crippen molar-refractivity contribution in [3.8, 4) is 0 Å². The van der Waals surface area contributed by atoms with Crippen LogP contribution >= 0.6 is 11.6 Å². The van der Waals surface area contributed by atoms with Crippen LogP contribution in [0.3, 0.4) is 0 Å². The van der Waals surface area contributed by atoms with E-state index in [1.54, 1.807) is 33.7 Å². The molecule has 0 atom stereocenters. The summed E-state index contributed by atoms with van der Waals surface area (Å²) in [6.07, 6.45) is 1.49. The van der Waals surface area contributed by atoms with Gasteiger partial charge in [-0.05, 0) is 25.1 Å². The first-order chi connectivity index (χ1) is 10.9. The van der Waals surface area contributed by atoms with E-state index in [1.807, 2.05) is 6.92 Å². The van der Waals surface area contributed by atoms with E-state index in [0.29, 0.717) is 36.0 Å². The first-order valence-electron chi connectivity index (χ1n) is 7.19. The number of nitrogens with one attached hydrogen (secondary N) is 1. The van der Waals surface area contributed by atoms with Crippen molar-refractivity contribution in [1.82, 2.24) is 9.47 Å². The van der Waals surface area contributed by atoms with Crippen molar-refractivity contribution >= 4 is 33.2 Å². The molecule has 0 aliphatic carbocycles. The van der Waals surface area contributed by atoms with Gasteiger partial charge in [0.1, 0.15) is 10.6 Å². The predicted octanol–water partition coefficient (Wildman–Crippen LogP) is 2.42. The second-order valence-electron chi connectivity index (χ2n) is 5.22. The largest absolute Gasteiger partial charge is 0.340 e. The van der Waals surface area contributed by atoms with Crippen molar-refractivity contribution in [2.45, 2.75) is 18.4 Å². The molecule has 0 saturated carbocycles. The lowest BCUT2D eigenvalue weighted by Crippen LogP contribution is -2.39. The molecule has 3 rings (SSSR count). The number of aromatic nitrogens is 1. The van der Waals surface area contributed by atoms with Crippen LogP contribution in [0.2, 0.25) is 5.02 Å². The lowest BCUT2D eigenvalue weighted by atomic mass is 10.3. The quantitative estimate of drug-likeness (QED) is 0.917. The van der Waals surface area contributed by atoms with E-state index in [2.05, 4.69) is 4.72 Å². The van der Waals surface area contributed by atoms with Gasteiger partial charge in [-0.1, -0.05) is 23.7 Å². The maximum atomic E-state index is 12.5. The van der Waals surface area contributed by atoms with Gasteiger partial charge in [-0.2, -0.15) is 0 Å². The molecule has 1 aliphatic rings. The van der Waals surface area contributed by atoms with E-state index in [4.69, 9.17) is 11.6 Å². The van der Waals surface area contributed by atoms with Crippen LogP contribution in [0.1, 0.15) is 17.4 Å². The zero-order valence-corrected chi connectivity index (χ0v) is 14.1. The lowest BCUT2D eigenvalue weighted by molar-refractivity contribution is 0.0715. The molecule has 1 N–H and O–H groups in total. The summed E-state index contributed by atoms with van der Waals surface area (Å²) in [4.78, 5) is 14.0. The highest BCUT2D eigenvalue weighted by Crippen LogP contribution is 2.26. The number of fused-ring (bicyclic) bond motifs is 1. The summed E-state index contributed by atoms with van der Waals surface area (Å²) in [5.41, 5.74) is 0.692. The third-order valence-corrected chi connectivity index (χ3v) is 5.46. The minimum atomic E-state index is -3.80. The van der Waals surface area contributed by atoms with Crippen LogP contribution in [0.5, 0.6) is 0 Å². The van der Waals surface area contributed by atoms with Gasteiger partial charge in [0.15, 0.2) is 0 Å². The second-order valence-corrected chi connectivity index (χ2v) is 7.31. The molecule has 8 heteroatoms. The molecule has 0 bridgehead atoms. The highest BCUT2D eigenvalue weighted by atomic mass is 35.5. The molecule has 0 saturated heterocycles. The number of carbonyl (C=O) groups is 1. The number of halogens is 1. The molecular weight excluding hydrogens is 338 g/mol. The highest BCUT2D eigenvalue weighted by molar-refractivity contribution is 7.92. The summed E-state index contributed by atoms with van der Waals surface area (Å²) in [6.45, 7) is 3.65. The van der Waals surface area contributed by atoms with E-state index >= 15 is 0 Å². The Hall–Kier alpha value is -1.99. The molecule has 1 aliphatic heterocycles. The van der Waals surface area contributed by atoms with E-state index < -0.39 is 10.0 Å². The molecule has 2 aromatic rings. The predicted molar refractivity (Wildman–Crippen MR) is 88.3 cm³/mol. The van der Waals surface area contributed by atoms with Crippen molar-refractivity contribution in [2.24, 2.45) is 0 Å². The summed E-state index contributed by atoms with van der Waals surface area (Å²) in [5.74, 6) is -0.155. The van der Waals surface area contributed by atoms with Gasteiger partial charge in [0, 0.05) is 25.8 Å². The number of carbonyl (C=O) groups excluding carboxylic acids is 1. The topological polar surface area (TPSA) is 71.4 Å². The van der Waals surface area contributed by atoms with Gasteiger partial charge in [0.2, 0.25) is 0 Å². The van der Waals surface area contributed by atoms with Gasteiger partial charge in [-0.25, -0.2) is 8.42 Å². The molecule has 23 heavy (non-hydrogen) atoms. The van der Waals surface area contributed by atoms with Crippen LogP contribution in [0, 0.1) is 0 Å². The Morgan fingerprint density at radius 1 is 1.26 bits per heavy atom. The van der Waals surface area contributed by atoms with Gasteiger partial charge in [-0.3, -0.25) is 9.52 Å². The van der Waals surface area contributed by atoms with Crippen molar-refractivity contribution in [3.63, 3.8) is 0 Å². The molecule has 0 spiro atoms. The third-order valence-electron chi connectivity index (χ3n) is 3.80. The minimum Gasteiger partial charge on any atom is -0.340 e. The van der Waals surface area contributed by atoms with Crippen LogP contribution in [0.15, 0.2) is 41.4 Å². The monoisotopic (exact) mass is 353 g/mol. The Labute approximate surface area is 139 Å². The van der Waals surface area contributed by atoms with Gasteiger partial charge in [0.05, 0.1) is 10.7 Å². The fraction of sp³-hybridized carbons (Fsp3) is 0.267. The number of benzene rings is 1. The zero-order valence-electron chi connectivity index (χ0n) is 12.5. The lowest BCUT2D eigenvalue weighted by Gasteiger charge is -2.26. The first-order valence-corrected chi connectivity index (χ1v) is 9.05. The number of hydrogen-bond acceptors (Lipinski definition) is 3. The number of amides is 1. The smallest absolute Gasteiger partial charge is 0.270 e. The van der Waals surface area contributed by atoms with E-state index in [1.165, 1.54) is 12.3 Å². The maximum absolute atomic E-state index is 12.5. The molecule has 0 unspecified atom stereocenters. The van der Waals surface area contributed by atoms with Crippen LogP contribution in [-0.2, 0) is 16.6 Å². The normalized spacial score (nSPS) is 14.7. The summed E-state index contributed by atoms with van der Waals surface area (Å²) in [5, 5.41) is 0.313. The number of para-hydroxylation sites is 1. The third kappa shape index (κ3) is 2.94. The van der Waals surface area contributed by atoms with Gasteiger partial charge in [-0.15, -0.1) is 0 Å². The Bertz CT molecular complexity index is 861. The van der Waals surface area contributed by atoms with Crippen molar-refractivity contribution < 1.29 is 13.2 Å². The fourth-order valence-corrected chi connectivity index (χ4v) is 3.89. The Kier molecular flexibility index (Phi) is 4.08. The van der Waals surface area contributed by atoms with Gasteiger partial charge < -0.3 is 9.47 Å². The highest BCUT2D eigenvalue weighted by Gasteiger charge is 2.27.